The van der Waals surface area contributed by atoms with Gasteiger partial charge in [-0.25, -0.2) is 4.18 Å². The van der Waals surface area contributed by atoms with Crippen LogP contribution in [0.25, 0.3) is 0 Å². The third-order valence-electron chi connectivity index (χ3n) is 7.93. The number of allylic oxidation sites excluding steroid dienone is 1. The lowest BCUT2D eigenvalue weighted by Gasteiger charge is -2.23. The molecule has 256 valence electrons. The lowest BCUT2D eigenvalue weighted by molar-refractivity contribution is -0.131. The van der Waals surface area contributed by atoms with Crippen molar-refractivity contribution in [2.45, 2.75) is 181 Å². The first-order valence-electron chi connectivity index (χ1n) is 17.4. The number of amides is 1. The highest BCUT2D eigenvalue weighted by molar-refractivity contribution is 7.80. The molecule has 43 heavy (non-hydrogen) atoms. The van der Waals surface area contributed by atoms with Crippen LogP contribution in [0, 0.1) is 11.8 Å². The summed E-state index contributed by atoms with van der Waals surface area (Å²) in [6.45, 7) is 8.41. The summed E-state index contributed by atoms with van der Waals surface area (Å²) in [4.78, 5) is 12.5. The van der Waals surface area contributed by atoms with E-state index < -0.39 is 41.2 Å². The summed E-state index contributed by atoms with van der Waals surface area (Å²) in [6.07, 6.45) is 24.4. The number of carbonyl (C=O) groups excluding carboxylic acids is 1. The van der Waals surface area contributed by atoms with E-state index in [0.717, 1.165) is 50.4 Å². The van der Waals surface area contributed by atoms with E-state index in [-0.39, 0.29) is 6.42 Å². The Morgan fingerprint density at radius 1 is 0.674 bits per heavy atom. The molecule has 0 saturated carbocycles. The van der Waals surface area contributed by atoms with Crippen molar-refractivity contribution < 1.29 is 32.2 Å². The third kappa shape index (κ3) is 29.5. The van der Waals surface area contributed by atoms with E-state index in [1.54, 1.807) is 0 Å². The Labute approximate surface area is 264 Å². The molecule has 0 saturated heterocycles. The number of unbranched alkanes of at least 4 members (excludes halogenated alkanes) is 16. The molecular formula is C34H67NO7S. The van der Waals surface area contributed by atoms with E-state index >= 15 is 0 Å². The molecule has 0 radical (unpaired) electrons. The van der Waals surface area contributed by atoms with Gasteiger partial charge in [0.2, 0.25) is 5.91 Å². The fraction of sp³-hybridized carbons (Fsp3) is 0.912. The maximum atomic E-state index is 12.5. The number of carbonyl (C=O) groups is 1. The van der Waals surface area contributed by atoms with E-state index in [1.807, 2.05) is 6.08 Å². The van der Waals surface area contributed by atoms with E-state index in [1.165, 1.54) is 89.5 Å². The Hall–Kier alpha value is -1.00. The summed E-state index contributed by atoms with van der Waals surface area (Å²) < 4.78 is 35.5. The zero-order valence-corrected chi connectivity index (χ0v) is 28.8. The molecule has 9 heteroatoms. The standard InChI is InChI=1S/C34H67NO7S/c1-29(2)24-20-16-12-8-6-5-7-9-14-18-22-26-32(36)31(28-42-43(39,40)41)35-34(38)33(37)27-23-19-15-11-10-13-17-21-25-30(3)4/h22,26,29-33,36-37H,5-21,23-25,27-28H2,1-4H3,(H,35,38)(H,39,40,41). The van der Waals surface area contributed by atoms with Crippen LogP contribution in [0.15, 0.2) is 12.2 Å². The summed E-state index contributed by atoms with van der Waals surface area (Å²) in [7, 11) is -4.74. The van der Waals surface area contributed by atoms with Gasteiger partial charge in [0.15, 0.2) is 0 Å². The second-order valence-corrected chi connectivity index (χ2v) is 14.3. The molecule has 0 aromatic rings. The van der Waals surface area contributed by atoms with Crippen LogP contribution in [-0.2, 0) is 19.4 Å². The lowest BCUT2D eigenvalue weighted by atomic mass is 10.0. The van der Waals surface area contributed by atoms with Crippen molar-refractivity contribution >= 4 is 16.3 Å². The van der Waals surface area contributed by atoms with E-state index in [0.29, 0.717) is 6.42 Å². The molecule has 3 unspecified atom stereocenters. The van der Waals surface area contributed by atoms with Crippen molar-refractivity contribution in [2.75, 3.05) is 6.61 Å². The van der Waals surface area contributed by atoms with E-state index in [2.05, 4.69) is 37.2 Å². The molecule has 0 rings (SSSR count). The highest BCUT2D eigenvalue weighted by Crippen LogP contribution is 2.15. The molecule has 0 fully saturated rings. The van der Waals surface area contributed by atoms with Crippen LogP contribution in [0.2, 0.25) is 0 Å². The lowest BCUT2D eigenvalue weighted by Crippen LogP contribution is -2.49. The zero-order valence-electron chi connectivity index (χ0n) is 28.0. The molecular weight excluding hydrogens is 566 g/mol. The topological polar surface area (TPSA) is 133 Å². The number of nitrogens with one attached hydrogen (secondary N) is 1. The van der Waals surface area contributed by atoms with Crippen LogP contribution in [0.4, 0.5) is 0 Å². The normalized spacial score (nSPS) is 14.5. The average Bonchev–Trinajstić information content (AvgIpc) is 2.93. The van der Waals surface area contributed by atoms with Crippen molar-refractivity contribution in [3.05, 3.63) is 12.2 Å². The predicted octanol–water partition coefficient (Wildman–Crippen LogP) is 8.07. The first-order valence-corrected chi connectivity index (χ1v) is 18.7. The molecule has 0 bridgehead atoms. The smallest absolute Gasteiger partial charge is 0.387 e. The van der Waals surface area contributed by atoms with Crippen molar-refractivity contribution in [3.63, 3.8) is 0 Å². The molecule has 0 aliphatic rings. The third-order valence-corrected chi connectivity index (χ3v) is 8.37. The van der Waals surface area contributed by atoms with Crippen molar-refractivity contribution in [3.8, 4) is 0 Å². The SMILES string of the molecule is CC(C)CCCCCCCCCCCC=CC(O)C(COS(=O)(=O)O)NC(=O)C(O)CCCCCCCCCCC(C)C. The maximum Gasteiger partial charge on any atom is 0.397 e. The molecule has 0 heterocycles. The molecule has 0 aliphatic heterocycles. The van der Waals surface area contributed by atoms with Gasteiger partial charge < -0.3 is 15.5 Å². The van der Waals surface area contributed by atoms with Gasteiger partial charge >= 0.3 is 10.4 Å². The van der Waals surface area contributed by atoms with Gasteiger partial charge in [-0.05, 0) is 31.1 Å². The molecule has 0 aliphatic carbocycles. The van der Waals surface area contributed by atoms with Crippen molar-refractivity contribution in [2.24, 2.45) is 11.8 Å². The number of aliphatic hydroxyl groups excluding tert-OH is 2. The summed E-state index contributed by atoms with van der Waals surface area (Å²) in [5.41, 5.74) is 0. The number of hydrogen-bond donors (Lipinski definition) is 4. The van der Waals surface area contributed by atoms with Crippen LogP contribution in [-0.4, -0.2) is 53.9 Å². The van der Waals surface area contributed by atoms with Gasteiger partial charge in [-0.3, -0.25) is 9.35 Å². The van der Waals surface area contributed by atoms with Gasteiger partial charge in [0.05, 0.1) is 18.8 Å². The second kappa shape index (κ2) is 27.3. The van der Waals surface area contributed by atoms with Crippen molar-refractivity contribution in [1.82, 2.24) is 5.32 Å². The molecule has 4 N–H and O–H groups in total. The Morgan fingerprint density at radius 2 is 1.07 bits per heavy atom. The summed E-state index contributed by atoms with van der Waals surface area (Å²) >= 11 is 0. The quantitative estimate of drug-likeness (QED) is 0.0357. The Bertz CT molecular complexity index is 786. The highest BCUT2D eigenvalue weighted by Gasteiger charge is 2.25. The van der Waals surface area contributed by atoms with Crippen LogP contribution >= 0.6 is 0 Å². The minimum absolute atomic E-state index is 0.288. The summed E-state index contributed by atoms with van der Waals surface area (Å²) in [5, 5.41) is 23.4. The van der Waals surface area contributed by atoms with Crippen LogP contribution in [0.5, 0.6) is 0 Å². The highest BCUT2D eigenvalue weighted by atomic mass is 32.3. The molecule has 0 spiro atoms. The largest absolute Gasteiger partial charge is 0.397 e. The monoisotopic (exact) mass is 633 g/mol. The van der Waals surface area contributed by atoms with Gasteiger partial charge in [-0.15, -0.1) is 0 Å². The Morgan fingerprint density at radius 3 is 1.49 bits per heavy atom. The van der Waals surface area contributed by atoms with Gasteiger partial charge in [-0.1, -0.05) is 155 Å². The minimum atomic E-state index is -4.74. The second-order valence-electron chi connectivity index (χ2n) is 13.2. The molecule has 0 aromatic carbocycles. The summed E-state index contributed by atoms with van der Waals surface area (Å²) in [6, 6.07) is -1.13. The van der Waals surface area contributed by atoms with Gasteiger partial charge in [0, 0.05) is 0 Å². The Kier molecular flexibility index (Phi) is 26.7. The van der Waals surface area contributed by atoms with Gasteiger partial charge in [0.1, 0.15) is 6.10 Å². The first kappa shape index (κ1) is 42.0. The van der Waals surface area contributed by atoms with Crippen molar-refractivity contribution in [1.29, 1.82) is 0 Å². The average molecular weight is 634 g/mol. The Balaban J connectivity index is 4.25. The molecule has 8 nitrogen and oxygen atoms in total. The van der Waals surface area contributed by atoms with E-state index in [9.17, 15) is 23.4 Å². The molecule has 3 atom stereocenters. The van der Waals surface area contributed by atoms with Crippen LogP contribution in [0.1, 0.15) is 163 Å². The van der Waals surface area contributed by atoms with E-state index in [4.69, 9.17) is 4.55 Å². The van der Waals surface area contributed by atoms with Gasteiger partial charge in [-0.2, -0.15) is 8.42 Å². The zero-order chi connectivity index (χ0) is 32.3. The van der Waals surface area contributed by atoms with Crippen LogP contribution in [0.3, 0.4) is 0 Å². The fourth-order valence-corrected chi connectivity index (χ4v) is 5.49. The number of rotatable bonds is 30. The number of hydrogen-bond acceptors (Lipinski definition) is 6. The minimum Gasteiger partial charge on any atom is -0.387 e. The molecule has 0 aromatic heterocycles. The maximum absolute atomic E-state index is 12.5. The first-order chi connectivity index (χ1) is 20.4. The predicted molar refractivity (Wildman–Crippen MR) is 177 cm³/mol. The van der Waals surface area contributed by atoms with Crippen LogP contribution < -0.4 is 5.32 Å². The number of aliphatic hydroxyl groups is 2. The van der Waals surface area contributed by atoms with Gasteiger partial charge in [0.25, 0.3) is 0 Å². The fourth-order valence-electron chi connectivity index (χ4n) is 5.17. The molecule has 1 amide bonds. The summed E-state index contributed by atoms with van der Waals surface area (Å²) in [5.74, 6) is 0.870.